The van der Waals surface area contributed by atoms with Crippen molar-refractivity contribution >= 4 is 28.3 Å². The van der Waals surface area contributed by atoms with Gasteiger partial charge in [0.2, 0.25) is 5.91 Å². The highest BCUT2D eigenvalue weighted by atomic mass is 16.5. The maximum atomic E-state index is 12.2. The van der Waals surface area contributed by atoms with E-state index >= 15 is 0 Å². The zero-order valence-corrected chi connectivity index (χ0v) is 22.6. The van der Waals surface area contributed by atoms with Crippen LogP contribution in [-0.4, -0.2) is 94.8 Å². The first kappa shape index (κ1) is 24.4. The second-order valence-electron chi connectivity index (χ2n) is 11.5. The molecule has 2 saturated heterocycles. The van der Waals surface area contributed by atoms with Crippen LogP contribution in [0.2, 0.25) is 0 Å². The quantitative estimate of drug-likeness (QED) is 0.488. The highest BCUT2D eigenvalue weighted by Gasteiger charge is 2.53. The molecule has 10 nitrogen and oxygen atoms in total. The van der Waals surface area contributed by atoms with E-state index in [1.807, 2.05) is 11.1 Å². The number of nitrogens with zero attached hydrogens (tertiary/aromatic N) is 7. The molecule has 39 heavy (non-hydrogen) atoms. The van der Waals surface area contributed by atoms with Crippen LogP contribution in [0.5, 0.6) is 6.01 Å². The van der Waals surface area contributed by atoms with Crippen LogP contribution >= 0.6 is 0 Å². The molecular weight excluding hydrogens is 492 g/mol. The minimum Gasteiger partial charge on any atom is -0.462 e. The molecule has 10 heteroatoms. The number of likely N-dealkylation sites (N-methyl/N-ethyl adjacent to an activating group) is 1. The van der Waals surface area contributed by atoms with Gasteiger partial charge >= 0.3 is 6.01 Å². The summed E-state index contributed by atoms with van der Waals surface area (Å²) in [4.78, 5) is 31.4. The van der Waals surface area contributed by atoms with Gasteiger partial charge in [-0.3, -0.25) is 9.89 Å². The molecule has 4 aliphatic rings. The fourth-order valence-corrected chi connectivity index (χ4v) is 6.69. The summed E-state index contributed by atoms with van der Waals surface area (Å²) in [5, 5.41) is 8.54. The summed E-state index contributed by atoms with van der Waals surface area (Å²) in [5.74, 6) is 0.992. The Morgan fingerprint density at radius 3 is 2.77 bits per heavy atom. The first-order chi connectivity index (χ1) is 19.0. The number of benzene rings is 1. The van der Waals surface area contributed by atoms with Crippen molar-refractivity contribution in [3.8, 4) is 6.01 Å². The molecule has 5 heterocycles. The molecule has 1 aliphatic carbocycles. The zero-order chi connectivity index (χ0) is 26.6. The number of rotatable bonds is 6. The van der Waals surface area contributed by atoms with Crippen LogP contribution < -0.4 is 14.5 Å². The smallest absolute Gasteiger partial charge is 0.318 e. The Morgan fingerprint density at radius 2 is 2.03 bits per heavy atom. The van der Waals surface area contributed by atoms with Gasteiger partial charge < -0.3 is 24.3 Å². The Morgan fingerprint density at radius 1 is 1.18 bits per heavy atom. The Bertz CT molecular complexity index is 1410. The Kier molecular flexibility index (Phi) is 5.95. The number of aromatic amines is 1. The average molecular weight is 529 g/mol. The van der Waals surface area contributed by atoms with E-state index < -0.39 is 0 Å². The molecule has 1 atom stereocenters. The molecule has 204 valence electrons. The van der Waals surface area contributed by atoms with Crippen LogP contribution in [0.1, 0.15) is 36.9 Å². The second kappa shape index (κ2) is 9.51. The second-order valence-corrected chi connectivity index (χ2v) is 11.5. The third-order valence-corrected chi connectivity index (χ3v) is 9.11. The van der Waals surface area contributed by atoms with E-state index in [2.05, 4.69) is 56.7 Å². The molecule has 0 radical (unpaired) electrons. The topological polar surface area (TPSA) is 93.7 Å². The highest BCUT2D eigenvalue weighted by Crippen LogP contribution is 2.56. The summed E-state index contributed by atoms with van der Waals surface area (Å²) in [6.07, 6.45) is 7.90. The van der Waals surface area contributed by atoms with Gasteiger partial charge in [-0.25, -0.2) is 0 Å². The number of aromatic nitrogens is 4. The minimum absolute atomic E-state index is 0.00759. The molecule has 7 rings (SSSR count). The van der Waals surface area contributed by atoms with Gasteiger partial charge in [0.1, 0.15) is 12.4 Å². The molecule has 1 N–H and O–H groups in total. The minimum atomic E-state index is -0.00759. The predicted octanol–water partition coefficient (Wildman–Crippen LogP) is 2.71. The number of likely N-dealkylation sites (tertiary alicyclic amines) is 1. The normalized spacial score (nSPS) is 22.4. The van der Waals surface area contributed by atoms with Gasteiger partial charge in [0.05, 0.1) is 24.0 Å². The van der Waals surface area contributed by atoms with E-state index in [-0.39, 0.29) is 11.3 Å². The summed E-state index contributed by atoms with van der Waals surface area (Å²) in [5.41, 5.74) is 4.61. The number of hydrogen-bond acceptors (Lipinski definition) is 8. The van der Waals surface area contributed by atoms with Crippen molar-refractivity contribution in [2.75, 3.05) is 62.7 Å². The predicted molar refractivity (Wildman–Crippen MR) is 150 cm³/mol. The average Bonchev–Trinajstić information content (AvgIpc) is 3.34. The summed E-state index contributed by atoms with van der Waals surface area (Å²) in [6, 6.07) is 7.20. The number of carbonyl (C=O) groups is 1. The van der Waals surface area contributed by atoms with Crippen LogP contribution in [-0.2, 0) is 16.8 Å². The molecule has 1 aromatic carbocycles. The Labute approximate surface area is 228 Å². The number of nitrogens with one attached hydrogen (secondary N) is 1. The standard InChI is InChI=1S/C29H36N8O2/c1-3-25(38)35-12-14-36(15-13-35)27-26-23(31-28(32-27)39-18-20-6-5-11-34(20)2)17-37(19-29(26)9-10-29)24-8-4-7-22-21(24)16-30-33-22/h3-4,7-8,16,20H,1,5-6,9-15,17-19H2,2H3,(H,30,33)/t20-/m0/s1. The number of anilines is 2. The first-order valence-electron chi connectivity index (χ1n) is 14.1. The van der Waals surface area contributed by atoms with Crippen molar-refractivity contribution < 1.29 is 9.53 Å². The number of fused-ring (bicyclic) bond motifs is 3. The lowest BCUT2D eigenvalue weighted by Crippen LogP contribution is -2.50. The van der Waals surface area contributed by atoms with Crippen LogP contribution in [0.4, 0.5) is 11.5 Å². The van der Waals surface area contributed by atoms with Gasteiger partial charge in [-0.1, -0.05) is 12.6 Å². The van der Waals surface area contributed by atoms with Crippen molar-refractivity contribution in [1.82, 2.24) is 30.0 Å². The maximum absolute atomic E-state index is 12.2. The number of amides is 1. The Balaban J connectivity index is 1.24. The molecule has 2 aromatic heterocycles. The van der Waals surface area contributed by atoms with E-state index in [0.29, 0.717) is 38.3 Å². The molecule has 0 unspecified atom stereocenters. The lowest BCUT2D eigenvalue weighted by atomic mass is 9.89. The third kappa shape index (κ3) is 4.30. The molecular formula is C29H36N8O2. The molecule has 3 fully saturated rings. The fourth-order valence-electron chi connectivity index (χ4n) is 6.69. The van der Waals surface area contributed by atoms with Crippen molar-refractivity contribution in [1.29, 1.82) is 0 Å². The number of ether oxygens (including phenoxy) is 1. The number of hydrogen-bond donors (Lipinski definition) is 1. The van der Waals surface area contributed by atoms with E-state index in [1.165, 1.54) is 23.7 Å². The van der Waals surface area contributed by atoms with Gasteiger partial charge in [0.25, 0.3) is 0 Å². The van der Waals surface area contributed by atoms with Crippen molar-refractivity contribution in [2.24, 2.45) is 0 Å². The van der Waals surface area contributed by atoms with E-state index in [9.17, 15) is 4.79 Å². The van der Waals surface area contributed by atoms with Crippen molar-refractivity contribution in [3.05, 3.63) is 48.3 Å². The number of H-pyrrole nitrogens is 1. The molecule has 3 aliphatic heterocycles. The van der Waals surface area contributed by atoms with Gasteiger partial charge in [0, 0.05) is 60.8 Å². The molecule has 1 spiro atoms. The van der Waals surface area contributed by atoms with Gasteiger partial charge in [-0.15, -0.1) is 0 Å². The van der Waals surface area contributed by atoms with Crippen molar-refractivity contribution in [2.45, 2.75) is 43.7 Å². The lowest BCUT2D eigenvalue weighted by molar-refractivity contribution is -0.126. The molecule has 0 bridgehead atoms. The number of carbonyl (C=O) groups excluding carboxylic acids is 1. The van der Waals surface area contributed by atoms with Gasteiger partial charge in [-0.2, -0.15) is 15.1 Å². The van der Waals surface area contributed by atoms with Crippen LogP contribution in [0.15, 0.2) is 37.1 Å². The molecule has 3 aromatic rings. The Hall–Kier alpha value is -3.66. The number of piperazine rings is 1. The van der Waals surface area contributed by atoms with Crippen LogP contribution in [0.3, 0.4) is 0 Å². The van der Waals surface area contributed by atoms with Gasteiger partial charge in [0.15, 0.2) is 0 Å². The fraction of sp³-hybridized carbons (Fsp3) is 0.517. The zero-order valence-electron chi connectivity index (χ0n) is 22.6. The van der Waals surface area contributed by atoms with E-state index in [4.69, 9.17) is 14.7 Å². The third-order valence-electron chi connectivity index (χ3n) is 9.11. The SMILES string of the molecule is C=CC(=O)N1CCN(c2nc(OC[C@@H]3CCCN3C)nc3c2C2(CC2)CN(c2cccc4[nH]ncc24)C3)CC1. The lowest BCUT2D eigenvalue weighted by Gasteiger charge is -2.41. The van der Waals surface area contributed by atoms with Crippen LogP contribution in [0, 0.1) is 0 Å². The maximum Gasteiger partial charge on any atom is 0.318 e. The van der Waals surface area contributed by atoms with Gasteiger partial charge in [-0.05, 0) is 57.5 Å². The first-order valence-corrected chi connectivity index (χ1v) is 14.1. The summed E-state index contributed by atoms with van der Waals surface area (Å²) in [6.45, 7) is 9.79. The largest absolute Gasteiger partial charge is 0.462 e. The van der Waals surface area contributed by atoms with Crippen LogP contribution in [0.25, 0.3) is 10.9 Å². The van der Waals surface area contributed by atoms with Crippen molar-refractivity contribution in [3.63, 3.8) is 0 Å². The molecule has 1 amide bonds. The summed E-state index contributed by atoms with van der Waals surface area (Å²) in [7, 11) is 2.16. The molecule has 1 saturated carbocycles. The van der Waals surface area contributed by atoms with E-state index in [1.54, 1.807) is 0 Å². The summed E-state index contributed by atoms with van der Waals surface area (Å²) >= 11 is 0. The monoisotopic (exact) mass is 528 g/mol. The van der Waals surface area contributed by atoms with E-state index in [0.717, 1.165) is 67.9 Å². The highest BCUT2D eigenvalue weighted by molar-refractivity contribution is 5.91. The summed E-state index contributed by atoms with van der Waals surface area (Å²) < 4.78 is 6.32.